The van der Waals surface area contributed by atoms with Gasteiger partial charge in [0.15, 0.2) is 0 Å². The molecule has 1 rings (SSSR count). The molecule has 0 aromatic carbocycles. The molecular formula is C7H13ClN2O. The van der Waals surface area contributed by atoms with E-state index in [9.17, 15) is 0 Å². The molecule has 0 saturated carbocycles. The number of nitrogens with two attached hydrogens (primary N) is 1. The lowest BCUT2D eigenvalue weighted by molar-refractivity contribution is 0.00864. The first-order valence-electron chi connectivity index (χ1n) is 3.57. The lowest BCUT2D eigenvalue weighted by atomic mass is 10.0. The molecule has 0 aliphatic carbocycles. The van der Waals surface area contributed by atoms with Crippen molar-refractivity contribution in [2.24, 2.45) is 5.73 Å². The highest BCUT2D eigenvalue weighted by molar-refractivity contribution is 5.85. The monoisotopic (exact) mass is 176 g/mol. The summed E-state index contributed by atoms with van der Waals surface area (Å²) in [5, 5.41) is 8.32. The molecule has 0 bridgehead atoms. The summed E-state index contributed by atoms with van der Waals surface area (Å²) in [6, 6.07) is 2.28. The molecule has 0 amide bonds. The summed E-state index contributed by atoms with van der Waals surface area (Å²) in [4.78, 5) is 0. The van der Waals surface area contributed by atoms with E-state index in [-0.39, 0.29) is 24.6 Å². The third kappa shape index (κ3) is 3.57. The minimum atomic E-state index is 0. The number of hydrogen-bond acceptors (Lipinski definition) is 3. The number of ether oxygens (including phenoxy) is 1. The highest BCUT2D eigenvalue weighted by Gasteiger charge is 2.17. The highest BCUT2D eigenvalue weighted by Crippen LogP contribution is 2.13. The molecule has 0 aromatic rings. The van der Waals surface area contributed by atoms with E-state index in [1.807, 2.05) is 0 Å². The smallest absolute Gasteiger partial charge is 0.0706 e. The van der Waals surface area contributed by atoms with Crippen molar-refractivity contribution in [2.75, 3.05) is 6.61 Å². The third-order valence-corrected chi connectivity index (χ3v) is 1.72. The van der Waals surface area contributed by atoms with Crippen LogP contribution in [0.4, 0.5) is 0 Å². The number of hydrogen-bond donors (Lipinski definition) is 1. The van der Waals surface area contributed by atoms with Crippen molar-refractivity contribution < 1.29 is 4.74 Å². The lowest BCUT2D eigenvalue weighted by Crippen LogP contribution is -2.35. The first-order valence-corrected chi connectivity index (χ1v) is 3.57. The Labute approximate surface area is 72.9 Å². The minimum absolute atomic E-state index is 0. The highest BCUT2D eigenvalue weighted by atomic mass is 35.5. The minimum Gasteiger partial charge on any atom is -0.376 e. The van der Waals surface area contributed by atoms with E-state index in [4.69, 9.17) is 15.7 Å². The molecular weight excluding hydrogens is 164 g/mol. The van der Waals surface area contributed by atoms with Crippen molar-refractivity contribution in [1.82, 2.24) is 0 Å². The van der Waals surface area contributed by atoms with E-state index in [1.54, 1.807) is 0 Å². The molecule has 64 valence electrons. The van der Waals surface area contributed by atoms with Crippen molar-refractivity contribution in [3.63, 3.8) is 0 Å². The van der Waals surface area contributed by atoms with Gasteiger partial charge in [0.1, 0.15) is 0 Å². The predicted octanol–water partition coefficient (Wildman–Crippen LogP) is 0.828. The average molecular weight is 177 g/mol. The largest absolute Gasteiger partial charge is 0.376 e. The van der Waals surface area contributed by atoms with Crippen LogP contribution in [-0.4, -0.2) is 18.8 Å². The van der Waals surface area contributed by atoms with Crippen LogP contribution in [-0.2, 0) is 4.74 Å². The van der Waals surface area contributed by atoms with Crippen molar-refractivity contribution >= 4 is 12.4 Å². The van der Waals surface area contributed by atoms with Gasteiger partial charge in [0, 0.05) is 6.04 Å². The summed E-state index contributed by atoms with van der Waals surface area (Å²) in [7, 11) is 0. The Morgan fingerprint density at radius 1 is 1.55 bits per heavy atom. The predicted molar refractivity (Wildman–Crippen MR) is 44.4 cm³/mol. The van der Waals surface area contributed by atoms with Crippen LogP contribution in [0.3, 0.4) is 0 Å². The Hall–Kier alpha value is -0.300. The first-order chi connectivity index (χ1) is 4.83. The first kappa shape index (κ1) is 10.7. The molecule has 0 spiro atoms. The van der Waals surface area contributed by atoms with Crippen LogP contribution >= 0.6 is 12.4 Å². The fourth-order valence-electron chi connectivity index (χ4n) is 1.09. The van der Waals surface area contributed by atoms with Crippen LogP contribution in [0.25, 0.3) is 0 Å². The van der Waals surface area contributed by atoms with Crippen molar-refractivity contribution in [1.29, 1.82) is 5.26 Å². The van der Waals surface area contributed by atoms with Crippen molar-refractivity contribution in [3.8, 4) is 6.07 Å². The fraction of sp³-hybridized carbons (Fsp3) is 0.857. The molecule has 1 aliphatic heterocycles. The molecule has 1 saturated heterocycles. The van der Waals surface area contributed by atoms with Gasteiger partial charge in [-0.25, -0.2) is 0 Å². The summed E-state index contributed by atoms with van der Waals surface area (Å²) in [6.07, 6.45) is 2.58. The normalized spacial score (nSPS) is 30.2. The summed E-state index contributed by atoms with van der Waals surface area (Å²) in [6.45, 7) is 0.617. The maximum atomic E-state index is 8.32. The topological polar surface area (TPSA) is 59.0 Å². The maximum absolute atomic E-state index is 8.32. The van der Waals surface area contributed by atoms with Gasteiger partial charge in [-0.05, 0) is 12.8 Å². The van der Waals surface area contributed by atoms with E-state index in [0.29, 0.717) is 13.0 Å². The molecule has 1 aliphatic rings. The second kappa shape index (κ2) is 5.36. The van der Waals surface area contributed by atoms with Crippen LogP contribution in [0.15, 0.2) is 0 Å². The van der Waals surface area contributed by atoms with Crippen LogP contribution in [0.2, 0.25) is 0 Å². The van der Waals surface area contributed by atoms with Crippen molar-refractivity contribution in [2.45, 2.75) is 31.4 Å². The van der Waals surface area contributed by atoms with Gasteiger partial charge in [-0.1, -0.05) is 0 Å². The van der Waals surface area contributed by atoms with Gasteiger partial charge in [0.05, 0.1) is 25.2 Å². The van der Waals surface area contributed by atoms with Gasteiger partial charge in [0.2, 0.25) is 0 Å². The lowest BCUT2D eigenvalue weighted by Gasteiger charge is -2.24. The quantitative estimate of drug-likeness (QED) is 0.644. The molecule has 2 atom stereocenters. The molecule has 11 heavy (non-hydrogen) atoms. The van der Waals surface area contributed by atoms with Gasteiger partial charge in [-0.15, -0.1) is 12.4 Å². The van der Waals surface area contributed by atoms with Gasteiger partial charge < -0.3 is 10.5 Å². The number of rotatable bonds is 1. The Kier molecular flexibility index (Phi) is 5.22. The molecule has 1 fully saturated rings. The second-order valence-electron chi connectivity index (χ2n) is 2.66. The second-order valence-corrected chi connectivity index (χ2v) is 2.66. The molecule has 3 nitrogen and oxygen atoms in total. The standard InChI is InChI=1S/C7H12N2O.ClH/c8-4-3-7-2-1-6(9)5-10-7;/h6-7H,1-3,5,9H2;1H/t6-,7-;/m0./s1. The SMILES string of the molecule is Cl.N#CC[C@@H]1CC[C@H](N)CO1. The molecule has 0 aromatic heterocycles. The summed E-state index contributed by atoms with van der Waals surface area (Å²) in [5.41, 5.74) is 5.59. The zero-order valence-corrected chi connectivity index (χ0v) is 7.14. The van der Waals surface area contributed by atoms with Gasteiger partial charge in [0.25, 0.3) is 0 Å². The van der Waals surface area contributed by atoms with Crippen LogP contribution < -0.4 is 5.73 Å². The van der Waals surface area contributed by atoms with Crippen LogP contribution in [0, 0.1) is 11.3 Å². The Bertz CT molecular complexity index is 138. The molecule has 2 N–H and O–H groups in total. The third-order valence-electron chi connectivity index (χ3n) is 1.72. The summed E-state index contributed by atoms with van der Waals surface area (Å²) in [5.74, 6) is 0. The Morgan fingerprint density at radius 3 is 2.73 bits per heavy atom. The van der Waals surface area contributed by atoms with E-state index >= 15 is 0 Å². The average Bonchev–Trinajstić information content (AvgIpc) is 1.95. The van der Waals surface area contributed by atoms with Gasteiger partial charge in [-0.2, -0.15) is 5.26 Å². The maximum Gasteiger partial charge on any atom is 0.0706 e. The van der Waals surface area contributed by atoms with Crippen molar-refractivity contribution in [3.05, 3.63) is 0 Å². The molecule has 0 unspecified atom stereocenters. The van der Waals surface area contributed by atoms with E-state index < -0.39 is 0 Å². The number of halogens is 1. The number of nitrogens with zero attached hydrogens (tertiary/aromatic N) is 1. The van der Waals surface area contributed by atoms with E-state index in [1.165, 1.54) is 0 Å². The molecule has 4 heteroatoms. The zero-order chi connectivity index (χ0) is 7.40. The zero-order valence-electron chi connectivity index (χ0n) is 6.32. The van der Waals surface area contributed by atoms with Crippen LogP contribution in [0.1, 0.15) is 19.3 Å². The van der Waals surface area contributed by atoms with E-state index in [2.05, 4.69) is 6.07 Å². The van der Waals surface area contributed by atoms with Crippen LogP contribution in [0.5, 0.6) is 0 Å². The van der Waals surface area contributed by atoms with Gasteiger partial charge >= 0.3 is 0 Å². The number of nitriles is 1. The fourth-order valence-corrected chi connectivity index (χ4v) is 1.09. The van der Waals surface area contributed by atoms with E-state index in [0.717, 1.165) is 12.8 Å². The molecule has 0 radical (unpaired) electrons. The summed E-state index contributed by atoms with van der Waals surface area (Å²) < 4.78 is 5.28. The molecule has 1 heterocycles. The Balaban J connectivity index is 0.000001000. The van der Waals surface area contributed by atoms with Gasteiger partial charge in [-0.3, -0.25) is 0 Å². The Morgan fingerprint density at radius 2 is 2.27 bits per heavy atom. The summed E-state index contributed by atoms with van der Waals surface area (Å²) >= 11 is 0.